The lowest BCUT2D eigenvalue weighted by atomic mass is 9.79. The summed E-state index contributed by atoms with van der Waals surface area (Å²) in [5.41, 5.74) is 8.01. The van der Waals surface area contributed by atoms with Gasteiger partial charge in [-0.15, -0.1) is 0 Å². The molecule has 0 spiro atoms. The third-order valence-electron chi connectivity index (χ3n) is 5.64. The van der Waals surface area contributed by atoms with Crippen LogP contribution in [-0.2, 0) is 27.2 Å². The second-order valence-corrected chi connectivity index (χ2v) is 7.64. The van der Waals surface area contributed by atoms with Crippen molar-refractivity contribution in [1.82, 2.24) is 5.32 Å². The van der Waals surface area contributed by atoms with E-state index in [4.69, 9.17) is 10.5 Å². The van der Waals surface area contributed by atoms with Crippen LogP contribution in [0, 0.1) is 5.41 Å². The number of methoxy groups -OCH3 is 1. The van der Waals surface area contributed by atoms with Gasteiger partial charge in [-0.25, -0.2) is 4.79 Å². The van der Waals surface area contributed by atoms with Crippen molar-refractivity contribution in [2.24, 2.45) is 5.41 Å². The van der Waals surface area contributed by atoms with Crippen LogP contribution in [0.4, 0.5) is 5.69 Å². The van der Waals surface area contributed by atoms with Crippen molar-refractivity contribution in [2.75, 3.05) is 12.8 Å². The highest BCUT2D eigenvalue weighted by Gasteiger charge is 2.42. The van der Waals surface area contributed by atoms with Gasteiger partial charge >= 0.3 is 5.97 Å². The number of nitrogens with two attached hydrogens (primary N) is 1. The fraction of sp³-hybridized carbons (Fsp3) is 0.391. The van der Waals surface area contributed by atoms with E-state index in [1.807, 2.05) is 30.3 Å². The second kappa shape index (κ2) is 8.91. The van der Waals surface area contributed by atoms with Crippen LogP contribution < -0.4 is 11.1 Å². The number of carbonyl (C=O) groups excluding carboxylic acids is 2. The Bertz CT molecular complexity index is 796. The number of nitrogen functional groups attached to an aromatic ring is 1. The maximum atomic E-state index is 13.3. The number of carbonyl (C=O) groups is 2. The van der Waals surface area contributed by atoms with E-state index in [0.29, 0.717) is 18.5 Å². The fourth-order valence-electron chi connectivity index (χ4n) is 4.06. The highest BCUT2D eigenvalue weighted by molar-refractivity contribution is 5.88. The van der Waals surface area contributed by atoms with Crippen molar-refractivity contribution in [1.29, 1.82) is 0 Å². The third-order valence-corrected chi connectivity index (χ3v) is 5.64. The molecule has 0 radical (unpaired) electrons. The van der Waals surface area contributed by atoms with Gasteiger partial charge in [0, 0.05) is 12.1 Å². The summed E-state index contributed by atoms with van der Waals surface area (Å²) < 4.78 is 4.94. The van der Waals surface area contributed by atoms with Gasteiger partial charge in [-0.05, 0) is 42.5 Å². The summed E-state index contributed by atoms with van der Waals surface area (Å²) in [4.78, 5) is 25.6. The molecule has 3 N–H and O–H groups in total. The minimum atomic E-state index is -0.714. The van der Waals surface area contributed by atoms with E-state index in [9.17, 15) is 9.59 Å². The van der Waals surface area contributed by atoms with E-state index in [0.717, 1.165) is 36.8 Å². The number of benzene rings is 2. The molecule has 0 saturated heterocycles. The molecule has 0 bridgehead atoms. The number of ether oxygens (including phenoxy) is 1. The molecule has 0 aliphatic heterocycles. The molecule has 28 heavy (non-hydrogen) atoms. The Labute approximate surface area is 166 Å². The number of anilines is 1. The van der Waals surface area contributed by atoms with Crippen molar-refractivity contribution in [3.63, 3.8) is 0 Å². The maximum absolute atomic E-state index is 13.3. The maximum Gasteiger partial charge on any atom is 0.328 e. The third kappa shape index (κ3) is 4.71. The van der Waals surface area contributed by atoms with E-state index < -0.39 is 17.4 Å². The molecule has 1 atom stereocenters. The zero-order chi connectivity index (χ0) is 20.0. The SMILES string of the molecule is COC(=O)C(Cc1ccc(N)cc1)NC(=O)C1(Cc2ccccc2)CCCC1. The van der Waals surface area contributed by atoms with E-state index in [1.165, 1.54) is 7.11 Å². The lowest BCUT2D eigenvalue weighted by Crippen LogP contribution is -2.49. The smallest absolute Gasteiger partial charge is 0.328 e. The molecule has 1 aliphatic rings. The number of hydrogen-bond donors (Lipinski definition) is 2. The van der Waals surface area contributed by atoms with Crippen LogP contribution in [0.5, 0.6) is 0 Å². The molecule has 5 heteroatoms. The van der Waals surface area contributed by atoms with Crippen molar-refractivity contribution in [2.45, 2.75) is 44.6 Å². The Morgan fingerprint density at radius 3 is 2.29 bits per heavy atom. The van der Waals surface area contributed by atoms with Crippen molar-refractivity contribution in [3.8, 4) is 0 Å². The Morgan fingerprint density at radius 1 is 1.04 bits per heavy atom. The van der Waals surface area contributed by atoms with Crippen LogP contribution in [0.3, 0.4) is 0 Å². The molecule has 1 amide bonds. The van der Waals surface area contributed by atoms with E-state index >= 15 is 0 Å². The molecule has 1 unspecified atom stereocenters. The van der Waals surface area contributed by atoms with Crippen molar-refractivity contribution >= 4 is 17.6 Å². The summed E-state index contributed by atoms with van der Waals surface area (Å²) in [6.45, 7) is 0. The highest BCUT2D eigenvalue weighted by atomic mass is 16.5. The summed E-state index contributed by atoms with van der Waals surface area (Å²) in [5, 5.41) is 2.99. The van der Waals surface area contributed by atoms with Crippen LogP contribution in [0.25, 0.3) is 0 Å². The summed E-state index contributed by atoms with van der Waals surface area (Å²) in [5.74, 6) is -0.488. The topological polar surface area (TPSA) is 81.4 Å². The molecule has 1 saturated carbocycles. The molecule has 1 aliphatic carbocycles. The molecule has 0 heterocycles. The van der Waals surface area contributed by atoms with Gasteiger partial charge in [-0.1, -0.05) is 55.3 Å². The largest absolute Gasteiger partial charge is 0.467 e. The summed E-state index contributed by atoms with van der Waals surface area (Å²) in [6.07, 6.45) is 4.80. The van der Waals surface area contributed by atoms with Gasteiger partial charge in [0.25, 0.3) is 0 Å². The van der Waals surface area contributed by atoms with Gasteiger partial charge in [-0.2, -0.15) is 0 Å². The quantitative estimate of drug-likeness (QED) is 0.571. The Morgan fingerprint density at radius 2 is 1.68 bits per heavy atom. The predicted octanol–water partition coefficient (Wildman–Crippen LogP) is 3.27. The zero-order valence-electron chi connectivity index (χ0n) is 16.3. The standard InChI is InChI=1S/C23H28N2O3/c1-28-21(26)20(15-17-9-11-19(24)12-10-17)25-22(27)23(13-5-6-14-23)16-18-7-3-2-4-8-18/h2-4,7-12,20H,5-6,13-16,24H2,1H3,(H,25,27). The average molecular weight is 380 g/mol. The minimum Gasteiger partial charge on any atom is -0.467 e. The zero-order valence-corrected chi connectivity index (χ0v) is 16.3. The van der Waals surface area contributed by atoms with Crippen LogP contribution in [-0.4, -0.2) is 25.0 Å². The first-order valence-corrected chi connectivity index (χ1v) is 9.79. The van der Waals surface area contributed by atoms with Crippen LogP contribution >= 0.6 is 0 Å². The minimum absolute atomic E-state index is 0.0558. The summed E-state index contributed by atoms with van der Waals surface area (Å²) in [7, 11) is 1.35. The molecule has 2 aromatic rings. The second-order valence-electron chi connectivity index (χ2n) is 7.64. The van der Waals surface area contributed by atoms with Gasteiger partial charge in [-0.3, -0.25) is 4.79 Å². The lowest BCUT2D eigenvalue weighted by Gasteiger charge is -2.30. The molecular formula is C23H28N2O3. The van der Waals surface area contributed by atoms with Gasteiger partial charge in [0.1, 0.15) is 6.04 Å². The number of amides is 1. The van der Waals surface area contributed by atoms with E-state index in [-0.39, 0.29) is 5.91 Å². The molecule has 1 fully saturated rings. The fourth-order valence-corrected chi connectivity index (χ4v) is 4.06. The Hall–Kier alpha value is -2.82. The van der Waals surface area contributed by atoms with E-state index in [1.54, 1.807) is 12.1 Å². The lowest BCUT2D eigenvalue weighted by molar-refractivity contribution is -0.146. The molecule has 3 rings (SSSR count). The highest BCUT2D eigenvalue weighted by Crippen LogP contribution is 2.41. The molecule has 0 aromatic heterocycles. The molecular weight excluding hydrogens is 352 g/mol. The van der Waals surface area contributed by atoms with Crippen molar-refractivity contribution in [3.05, 3.63) is 65.7 Å². The number of nitrogens with one attached hydrogen (secondary N) is 1. The number of rotatable bonds is 7. The Kier molecular flexibility index (Phi) is 6.34. The Balaban J connectivity index is 1.76. The molecule has 2 aromatic carbocycles. The first-order valence-electron chi connectivity index (χ1n) is 9.79. The normalized spacial score (nSPS) is 16.3. The monoisotopic (exact) mass is 380 g/mol. The van der Waals surface area contributed by atoms with Gasteiger partial charge in [0.2, 0.25) is 5.91 Å². The van der Waals surface area contributed by atoms with Crippen LogP contribution in [0.2, 0.25) is 0 Å². The van der Waals surface area contributed by atoms with Gasteiger partial charge in [0.05, 0.1) is 12.5 Å². The first kappa shape index (κ1) is 19.9. The predicted molar refractivity (Wildman–Crippen MR) is 110 cm³/mol. The number of esters is 1. The average Bonchev–Trinajstić information content (AvgIpc) is 3.19. The summed E-state index contributed by atoms with van der Waals surface area (Å²) >= 11 is 0. The van der Waals surface area contributed by atoms with Crippen LogP contribution in [0.15, 0.2) is 54.6 Å². The van der Waals surface area contributed by atoms with Crippen molar-refractivity contribution < 1.29 is 14.3 Å². The number of hydrogen-bond acceptors (Lipinski definition) is 4. The van der Waals surface area contributed by atoms with Gasteiger partial charge < -0.3 is 15.8 Å². The van der Waals surface area contributed by atoms with E-state index in [2.05, 4.69) is 17.4 Å². The molecule has 5 nitrogen and oxygen atoms in total. The van der Waals surface area contributed by atoms with Gasteiger partial charge in [0.15, 0.2) is 0 Å². The molecule has 148 valence electrons. The first-order chi connectivity index (χ1) is 13.5. The summed E-state index contributed by atoms with van der Waals surface area (Å²) in [6, 6.07) is 16.7. The van der Waals surface area contributed by atoms with Crippen LogP contribution in [0.1, 0.15) is 36.8 Å².